The van der Waals surface area contributed by atoms with Crippen LogP contribution in [0.4, 0.5) is 0 Å². The topological polar surface area (TPSA) is 32.3 Å². The average molecular weight is 400 g/mol. The molecule has 2 rings (SSSR count). The highest BCUT2D eigenvalue weighted by Crippen LogP contribution is 2.30. The van der Waals surface area contributed by atoms with Crippen molar-refractivity contribution in [3.63, 3.8) is 0 Å². The van der Waals surface area contributed by atoms with Gasteiger partial charge >= 0.3 is 0 Å². The lowest BCUT2D eigenvalue weighted by Crippen LogP contribution is -2.52. The van der Waals surface area contributed by atoms with Crippen molar-refractivity contribution < 1.29 is 4.79 Å². The first kappa shape index (κ1) is 16.7. The van der Waals surface area contributed by atoms with Crippen LogP contribution in [0.25, 0.3) is 0 Å². The molecule has 0 aromatic heterocycles. The SMILES string of the molecule is CN(C)C1(CNC(=O)c2cccc(I)c2)CCCCCC1. The Morgan fingerprint density at radius 2 is 1.90 bits per heavy atom. The fourth-order valence-electron chi connectivity index (χ4n) is 3.15. The highest BCUT2D eigenvalue weighted by molar-refractivity contribution is 14.1. The van der Waals surface area contributed by atoms with Crippen molar-refractivity contribution >= 4 is 28.5 Å². The molecule has 116 valence electrons. The Bertz CT molecular complexity index is 479. The summed E-state index contributed by atoms with van der Waals surface area (Å²) in [5.74, 6) is 0.0407. The summed E-state index contributed by atoms with van der Waals surface area (Å²) in [6.45, 7) is 0.740. The third-order valence-corrected chi connectivity index (χ3v) is 5.32. The smallest absolute Gasteiger partial charge is 0.251 e. The van der Waals surface area contributed by atoms with E-state index < -0.39 is 0 Å². The van der Waals surface area contributed by atoms with Crippen molar-refractivity contribution in [1.82, 2.24) is 10.2 Å². The first-order valence-electron chi connectivity index (χ1n) is 7.75. The van der Waals surface area contributed by atoms with Crippen LogP contribution >= 0.6 is 22.6 Å². The zero-order valence-corrected chi connectivity index (χ0v) is 15.2. The van der Waals surface area contributed by atoms with E-state index in [1.54, 1.807) is 0 Å². The van der Waals surface area contributed by atoms with Crippen molar-refractivity contribution in [2.45, 2.75) is 44.1 Å². The van der Waals surface area contributed by atoms with Gasteiger partial charge in [-0.15, -0.1) is 0 Å². The second-order valence-corrected chi connectivity index (χ2v) is 7.47. The number of likely N-dealkylation sites (N-methyl/N-ethyl adjacent to an activating group) is 1. The maximum Gasteiger partial charge on any atom is 0.251 e. The standard InChI is InChI=1S/C17H25IN2O/c1-20(2)17(10-5-3-4-6-11-17)13-19-16(21)14-8-7-9-15(18)12-14/h7-9,12H,3-6,10-11,13H2,1-2H3,(H,19,21). The van der Waals surface area contributed by atoms with E-state index in [1.165, 1.54) is 38.5 Å². The second-order valence-electron chi connectivity index (χ2n) is 6.23. The first-order valence-corrected chi connectivity index (χ1v) is 8.83. The van der Waals surface area contributed by atoms with Gasteiger partial charge in [-0.25, -0.2) is 0 Å². The largest absolute Gasteiger partial charge is 0.350 e. The summed E-state index contributed by atoms with van der Waals surface area (Å²) in [6, 6.07) is 7.76. The molecule has 1 aliphatic carbocycles. The van der Waals surface area contributed by atoms with E-state index in [4.69, 9.17) is 0 Å². The summed E-state index contributed by atoms with van der Waals surface area (Å²) in [5.41, 5.74) is 0.873. The maximum atomic E-state index is 12.4. The lowest BCUT2D eigenvalue weighted by Gasteiger charge is -2.39. The lowest BCUT2D eigenvalue weighted by molar-refractivity contribution is 0.0869. The average Bonchev–Trinajstić information content (AvgIpc) is 2.71. The first-order chi connectivity index (χ1) is 10.0. The van der Waals surface area contributed by atoms with Gasteiger partial charge in [0.2, 0.25) is 0 Å². The van der Waals surface area contributed by atoms with Crippen LogP contribution in [-0.4, -0.2) is 37.0 Å². The van der Waals surface area contributed by atoms with Crippen molar-refractivity contribution in [1.29, 1.82) is 0 Å². The summed E-state index contributed by atoms with van der Waals surface area (Å²) in [6.07, 6.45) is 7.51. The number of rotatable bonds is 4. The molecule has 21 heavy (non-hydrogen) atoms. The van der Waals surface area contributed by atoms with Crippen LogP contribution in [0.1, 0.15) is 48.9 Å². The van der Waals surface area contributed by atoms with Crippen molar-refractivity contribution in [3.8, 4) is 0 Å². The van der Waals surface area contributed by atoms with E-state index in [9.17, 15) is 4.79 Å². The molecule has 1 aliphatic rings. The Kier molecular flexibility index (Phi) is 6.05. The third kappa shape index (κ3) is 4.42. The monoisotopic (exact) mass is 400 g/mol. The number of hydrogen-bond acceptors (Lipinski definition) is 2. The Labute approximate surface area is 141 Å². The van der Waals surface area contributed by atoms with Crippen LogP contribution in [0, 0.1) is 3.57 Å². The number of benzene rings is 1. The summed E-state index contributed by atoms with van der Waals surface area (Å²) in [5, 5.41) is 3.16. The molecule has 1 saturated carbocycles. The zero-order valence-electron chi connectivity index (χ0n) is 13.0. The molecule has 0 radical (unpaired) electrons. The van der Waals surface area contributed by atoms with E-state index in [2.05, 4.69) is 46.9 Å². The van der Waals surface area contributed by atoms with Gasteiger partial charge in [-0.3, -0.25) is 4.79 Å². The van der Waals surface area contributed by atoms with Crippen molar-refractivity contribution in [2.75, 3.05) is 20.6 Å². The predicted molar refractivity (Wildman–Crippen MR) is 95.6 cm³/mol. The van der Waals surface area contributed by atoms with Gasteiger partial charge in [0.15, 0.2) is 0 Å². The van der Waals surface area contributed by atoms with Gasteiger partial charge in [0.05, 0.1) is 0 Å². The summed E-state index contributed by atoms with van der Waals surface area (Å²) in [4.78, 5) is 14.7. The van der Waals surface area contributed by atoms with Crippen LogP contribution in [0.15, 0.2) is 24.3 Å². The number of carbonyl (C=O) groups is 1. The quantitative estimate of drug-likeness (QED) is 0.618. The molecule has 0 heterocycles. The third-order valence-electron chi connectivity index (χ3n) is 4.65. The molecule has 0 aliphatic heterocycles. The molecule has 0 atom stereocenters. The van der Waals surface area contributed by atoms with Gasteiger partial charge in [0, 0.05) is 21.2 Å². The normalized spacial score (nSPS) is 18.3. The minimum absolute atomic E-state index is 0.0407. The molecule has 1 aromatic carbocycles. The molecule has 1 fully saturated rings. The molecule has 1 aromatic rings. The highest BCUT2D eigenvalue weighted by Gasteiger charge is 2.33. The van der Waals surface area contributed by atoms with Crippen LogP contribution in [-0.2, 0) is 0 Å². The number of hydrogen-bond donors (Lipinski definition) is 1. The molecule has 1 amide bonds. The van der Waals surface area contributed by atoms with Crippen molar-refractivity contribution in [2.24, 2.45) is 0 Å². The van der Waals surface area contributed by atoms with Crippen molar-refractivity contribution in [3.05, 3.63) is 33.4 Å². The van der Waals surface area contributed by atoms with E-state index in [-0.39, 0.29) is 11.4 Å². The van der Waals surface area contributed by atoms with Crippen LogP contribution in [0.2, 0.25) is 0 Å². The van der Waals surface area contributed by atoms with Gasteiger partial charge < -0.3 is 10.2 Å². The molecule has 3 nitrogen and oxygen atoms in total. The maximum absolute atomic E-state index is 12.4. The number of nitrogens with zero attached hydrogens (tertiary/aromatic N) is 1. The van der Waals surface area contributed by atoms with E-state index in [0.717, 1.165) is 15.7 Å². The van der Waals surface area contributed by atoms with Gasteiger partial charge in [0.1, 0.15) is 0 Å². The molecule has 0 saturated heterocycles. The predicted octanol–water partition coefficient (Wildman–Crippen LogP) is 3.68. The molecule has 1 N–H and O–H groups in total. The number of nitrogens with one attached hydrogen (secondary N) is 1. The van der Waals surface area contributed by atoms with E-state index >= 15 is 0 Å². The van der Waals surface area contributed by atoms with Crippen LogP contribution < -0.4 is 5.32 Å². The van der Waals surface area contributed by atoms with Crippen LogP contribution in [0.5, 0.6) is 0 Å². The van der Waals surface area contributed by atoms with Gasteiger partial charge in [-0.2, -0.15) is 0 Å². The highest BCUT2D eigenvalue weighted by atomic mass is 127. The molecule has 0 bridgehead atoms. The van der Waals surface area contributed by atoms with E-state index in [1.807, 2.05) is 24.3 Å². The molecular formula is C17H25IN2O. The number of carbonyl (C=O) groups excluding carboxylic acids is 1. The Hall–Kier alpha value is -0.620. The molecule has 0 spiro atoms. The summed E-state index contributed by atoms with van der Waals surface area (Å²) >= 11 is 2.24. The fourth-order valence-corrected chi connectivity index (χ4v) is 3.69. The molecular weight excluding hydrogens is 375 g/mol. The number of amides is 1. The Morgan fingerprint density at radius 3 is 2.48 bits per heavy atom. The minimum Gasteiger partial charge on any atom is -0.350 e. The fraction of sp³-hybridized carbons (Fsp3) is 0.588. The summed E-state index contributed by atoms with van der Waals surface area (Å²) < 4.78 is 1.09. The molecule has 0 unspecified atom stereocenters. The Balaban J connectivity index is 2.03. The van der Waals surface area contributed by atoms with Gasteiger partial charge in [-0.1, -0.05) is 31.7 Å². The van der Waals surface area contributed by atoms with E-state index in [0.29, 0.717) is 0 Å². The van der Waals surface area contributed by atoms with Crippen LogP contribution in [0.3, 0.4) is 0 Å². The zero-order chi connectivity index (χ0) is 15.3. The van der Waals surface area contributed by atoms with Gasteiger partial charge in [0.25, 0.3) is 5.91 Å². The van der Waals surface area contributed by atoms with Gasteiger partial charge in [-0.05, 0) is 67.7 Å². The summed E-state index contributed by atoms with van der Waals surface area (Å²) in [7, 11) is 4.28. The molecule has 4 heteroatoms. The lowest BCUT2D eigenvalue weighted by atomic mass is 9.88. The number of halogens is 1. The Morgan fingerprint density at radius 1 is 1.24 bits per heavy atom. The minimum atomic E-state index is 0.0407. The second kappa shape index (κ2) is 7.58.